The fraction of sp³-hybridized carbons (Fsp3) is 0.327. The average Bonchev–Trinajstić information content (AvgIpc) is 1.59. The molecule has 8 aliphatic heterocycles. The van der Waals surface area contributed by atoms with E-state index in [9.17, 15) is 45.6 Å². The molecular formula is C98H101ClF3N13O12S2. The molecule has 4 fully saturated rings. The zero-order chi connectivity index (χ0) is 90.4. The van der Waals surface area contributed by atoms with Gasteiger partial charge in [-0.1, -0.05) is 48.0 Å². The van der Waals surface area contributed by atoms with E-state index in [4.69, 9.17) is 40.4 Å². The summed E-state index contributed by atoms with van der Waals surface area (Å²) in [5.41, 5.74) is 10.3. The molecule has 129 heavy (non-hydrogen) atoms. The lowest BCUT2D eigenvalue weighted by Gasteiger charge is -2.45. The number of nitrogens with one attached hydrogen (secondary N) is 2. The van der Waals surface area contributed by atoms with Crippen LogP contribution in [0.4, 0.5) is 13.2 Å². The molecule has 0 radical (unpaired) electrons. The van der Waals surface area contributed by atoms with Crippen LogP contribution in [0, 0.1) is 20.8 Å². The van der Waals surface area contributed by atoms with Crippen LogP contribution in [0.15, 0.2) is 216 Å². The number of nitrogens with zero attached hydrogens (tertiary/aromatic N) is 11. The fourth-order valence-electron chi connectivity index (χ4n) is 19.0. The van der Waals surface area contributed by atoms with Crippen molar-refractivity contribution in [2.24, 2.45) is 14.1 Å². The van der Waals surface area contributed by atoms with E-state index in [1.54, 1.807) is 102 Å². The van der Waals surface area contributed by atoms with E-state index in [1.807, 2.05) is 173 Å². The summed E-state index contributed by atoms with van der Waals surface area (Å²) in [4.78, 5) is 77.0. The number of aromatic amines is 1. The molecule has 6 aromatic heterocycles. The number of para-hydroxylation sites is 4. The molecule has 31 heteroatoms. The molecule has 7 aromatic carbocycles. The minimum atomic E-state index is -4.49. The number of benzene rings is 7. The normalized spacial score (nSPS) is 16.7. The van der Waals surface area contributed by atoms with Gasteiger partial charge in [0.15, 0.2) is 11.2 Å². The van der Waals surface area contributed by atoms with Crippen molar-refractivity contribution in [1.29, 1.82) is 0 Å². The third kappa shape index (κ3) is 16.4. The number of H-pyrrole nitrogens is 1. The second kappa shape index (κ2) is 34.0. The van der Waals surface area contributed by atoms with Gasteiger partial charge in [-0.05, 0) is 200 Å². The Labute approximate surface area is 755 Å². The van der Waals surface area contributed by atoms with Crippen molar-refractivity contribution in [1.82, 2.24) is 63.0 Å². The van der Waals surface area contributed by atoms with Crippen LogP contribution in [0.3, 0.4) is 0 Å². The van der Waals surface area contributed by atoms with Crippen molar-refractivity contribution in [3.05, 3.63) is 289 Å². The first-order chi connectivity index (χ1) is 61.8. The first-order valence-electron chi connectivity index (χ1n) is 43.3. The number of carbonyl (C=O) groups is 4. The lowest BCUT2D eigenvalue weighted by molar-refractivity contribution is -0.143. The molecule has 0 unspecified atom stereocenters. The standard InChI is InChI=1S/C25H20F3N3O2S.C25H28N4O4S.C25H27N3O3.C23H22ClN3O3.2H2/c1-15-29-17-7-6-16(14-20(17)34-15)23(32)30-12-10-24(11-13-30)21-8-9-22(25(26,27)28)31(21)18-4-2-3-5-19(18)33-24;1-17(2)27-34(31,32)19-10-8-18(9-11-19)24(30)29-14-12-25(13-15-29)21-16-28(3)26-23(21)20-6-4-5-7-22(20)33-25;1-16(2)30-21-9-8-18(14-17(21)3)24(29)28-12-10-25(11-13-28)20-15-26-27-23(20)19-6-4-5-7-22(19)31-25;1-15-5-7-17(21(28)25(15)2)22(29)26-12-9-23(10-13-26)20-4-3-11-27(20)18-8-6-16(24)14-19(18)30-23;;/h2-9,14H,10-13H2,1H3;4-11,16-17,27H,12-15H2,1-3H3;4-9,14-16H,10-13H2,1-3H3,(H,26,27);3-8,11,14H,9-10,12-13H2,1-2H3;2*1H. The number of thiazole rings is 1. The summed E-state index contributed by atoms with van der Waals surface area (Å²) < 4.78 is 108. The number of aromatic nitrogens is 8. The molecule has 4 amide bonds. The first-order valence-corrected chi connectivity index (χ1v) is 46.0. The highest BCUT2D eigenvalue weighted by atomic mass is 35.5. The number of fused-ring (bicyclic) bond motifs is 17. The van der Waals surface area contributed by atoms with Crippen LogP contribution in [0.25, 0.3) is 44.1 Å². The van der Waals surface area contributed by atoms with Crippen molar-refractivity contribution in [2.75, 3.05) is 52.4 Å². The molecule has 4 spiro atoms. The monoisotopic (exact) mass is 1810 g/mol. The van der Waals surface area contributed by atoms with Gasteiger partial charge in [-0.3, -0.25) is 33.8 Å². The summed E-state index contributed by atoms with van der Waals surface area (Å²) in [6.45, 7) is 17.4. The largest absolute Gasteiger partial charge is 0.491 e. The summed E-state index contributed by atoms with van der Waals surface area (Å²) in [7, 11) is 0.00157. The molecule has 21 rings (SSSR count). The lowest BCUT2D eigenvalue weighted by Crippen LogP contribution is -2.50. The van der Waals surface area contributed by atoms with Gasteiger partial charge < -0.3 is 57.0 Å². The highest BCUT2D eigenvalue weighted by molar-refractivity contribution is 7.89. The van der Waals surface area contributed by atoms with E-state index >= 15 is 0 Å². The Morgan fingerprint density at radius 3 is 1.76 bits per heavy atom. The summed E-state index contributed by atoms with van der Waals surface area (Å²) >= 11 is 7.74. The first kappa shape index (κ1) is 86.9. The van der Waals surface area contributed by atoms with E-state index in [2.05, 4.69) is 30.5 Å². The van der Waals surface area contributed by atoms with Gasteiger partial charge >= 0.3 is 6.18 Å². The molecule has 14 heterocycles. The number of sulfonamides is 1. The van der Waals surface area contributed by atoms with Crippen LogP contribution in [-0.4, -0.2) is 155 Å². The molecule has 4 saturated heterocycles. The number of carbonyl (C=O) groups excluding carboxylic acids is 4. The molecule has 0 saturated carbocycles. The van der Waals surface area contributed by atoms with Crippen molar-refractivity contribution >= 4 is 66.8 Å². The summed E-state index contributed by atoms with van der Waals surface area (Å²) in [6, 6.07) is 55.6. The molecule has 2 N–H and O–H groups in total. The van der Waals surface area contributed by atoms with Gasteiger partial charge in [-0.25, -0.2) is 18.1 Å². The topological polar surface area (TPSA) is 265 Å². The maximum Gasteiger partial charge on any atom is 0.431 e. The number of piperidine rings is 4. The Morgan fingerprint density at radius 2 is 1.12 bits per heavy atom. The van der Waals surface area contributed by atoms with E-state index in [0.717, 1.165) is 113 Å². The Balaban J connectivity index is 0.000000127. The van der Waals surface area contributed by atoms with Crippen molar-refractivity contribution < 1.29 is 67.3 Å². The predicted octanol–water partition coefficient (Wildman–Crippen LogP) is 18.1. The van der Waals surface area contributed by atoms with Crippen LogP contribution in [0.5, 0.6) is 28.7 Å². The van der Waals surface area contributed by atoms with Gasteiger partial charge in [0.2, 0.25) is 10.0 Å². The fourth-order valence-corrected chi connectivity index (χ4v) is 21.3. The molecule has 25 nitrogen and oxygen atoms in total. The minimum absolute atomic E-state index is 0. The van der Waals surface area contributed by atoms with Crippen molar-refractivity contribution in [3.8, 4) is 62.6 Å². The second-order valence-corrected chi connectivity index (χ2v) is 38.1. The molecule has 8 aliphatic rings. The van der Waals surface area contributed by atoms with Gasteiger partial charge in [-0.15, -0.1) is 11.3 Å². The molecule has 670 valence electrons. The number of aryl methyl sites for hydroxylation is 4. The van der Waals surface area contributed by atoms with Gasteiger partial charge in [0.1, 0.15) is 56.9 Å². The van der Waals surface area contributed by atoms with Crippen molar-refractivity contribution in [3.63, 3.8) is 0 Å². The Morgan fingerprint density at radius 1 is 0.574 bits per heavy atom. The number of ether oxygens (including phenoxy) is 5. The number of halogens is 4. The Bertz CT molecular complexity index is 6730. The SMILES string of the molecule is CC(C)NS(=O)(=O)c1ccc(C(=O)N2CCC3(CC2)Oc2ccccc2-c2nn(C)cc23)cc1.Cc1cc(C(=O)N2CCC3(CC2)Oc2ccccc2-c2[nH]ncc23)ccc1OC(C)C.Cc1ccc(C(=O)N2CCC3(CC2)Oc2cc(Cl)ccc2-n2cccc23)c(=O)n1C.Cc1nc2ccc(C(=O)N3CCC4(CC3)Oc3ccccc3-n3c(C(F)(F)F)ccc34)cc2s1.[HH].[HH]. The van der Waals surface area contributed by atoms with Crippen LogP contribution >= 0.6 is 22.9 Å². The van der Waals surface area contributed by atoms with Gasteiger partial charge in [0.25, 0.3) is 29.2 Å². The summed E-state index contributed by atoms with van der Waals surface area (Å²) in [5.74, 6) is 3.31. The zero-order valence-corrected chi connectivity index (χ0v) is 75.1. The summed E-state index contributed by atoms with van der Waals surface area (Å²) in [6.07, 6.45) is 6.37. The number of alkyl halides is 3. The van der Waals surface area contributed by atoms with Crippen molar-refractivity contribution in [2.45, 2.75) is 145 Å². The number of likely N-dealkylation sites (tertiary alicyclic amines) is 4. The van der Waals surface area contributed by atoms with E-state index in [-0.39, 0.29) is 54.6 Å². The number of amides is 4. The number of pyridine rings is 1. The van der Waals surface area contributed by atoms with Gasteiger partial charge in [-0.2, -0.15) is 23.4 Å². The molecular weight excluding hydrogens is 1710 g/mol. The maximum absolute atomic E-state index is 13.8. The van der Waals surface area contributed by atoms with Crippen LogP contribution in [-0.2, 0) is 52.7 Å². The second-order valence-electron chi connectivity index (χ2n) is 34.7. The van der Waals surface area contributed by atoms with Crippen LogP contribution < -0.4 is 34.0 Å². The maximum atomic E-state index is 13.8. The molecule has 0 aliphatic carbocycles. The van der Waals surface area contributed by atoms with E-state index in [0.29, 0.717) is 130 Å². The Kier molecular flexibility index (Phi) is 22.9. The predicted molar refractivity (Wildman–Crippen MR) is 488 cm³/mol. The summed E-state index contributed by atoms with van der Waals surface area (Å²) in [5, 5.41) is 13.7. The molecule has 13 aromatic rings. The smallest absolute Gasteiger partial charge is 0.431 e. The third-order valence-corrected chi connectivity index (χ3v) is 28.5. The highest BCUT2D eigenvalue weighted by Gasteiger charge is 2.52. The Hall–Kier alpha value is -12.8. The van der Waals surface area contributed by atoms with Crippen LogP contribution in [0.1, 0.15) is 168 Å². The lowest BCUT2D eigenvalue weighted by atomic mass is 9.81. The number of hydrogen-bond acceptors (Lipinski definition) is 16. The van der Waals surface area contributed by atoms with Crippen LogP contribution in [0.2, 0.25) is 5.02 Å². The van der Waals surface area contributed by atoms with E-state index < -0.39 is 44.3 Å². The van der Waals surface area contributed by atoms with E-state index in [1.165, 1.54) is 27.3 Å². The molecule has 0 bridgehead atoms. The van der Waals surface area contributed by atoms with Gasteiger partial charge in [0, 0.05) is 195 Å². The van der Waals surface area contributed by atoms with Gasteiger partial charge in [0.05, 0.1) is 60.9 Å². The third-order valence-electron chi connectivity index (χ3n) is 25.7. The zero-order valence-electron chi connectivity index (χ0n) is 72.7. The average molecular weight is 1810 g/mol. The highest BCUT2D eigenvalue weighted by Crippen LogP contribution is 2.54. The minimum Gasteiger partial charge on any atom is -0.491 e. The molecule has 0 atom stereocenters. The number of rotatable bonds is 9. The quantitative estimate of drug-likeness (QED) is 0.136. The number of hydrogen-bond donors (Lipinski definition) is 2.